The monoisotopic (exact) mass is 349 g/mol. The van der Waals surface area contributed by atoms with E-state index in [9.17, 15) is 4.79 Å². The molecular weight excluding hydrogens is 326 g/mol. The maximum absolute atomic E-state index is 12.8. The van der Waals surface area contributed by atoms with Crippen LogP contribution in [0.15, 0.2) is 42.7 Å². The number of aromatic amines is 1. The van der Waals surface area contributed by atoms with E-state index < -0.39 is 0 Å². The van der Waals surface area contributed by atoms with Crippen molar-refractivity contribution in [3.63, 3.8) is 0 Å². The van der Waals surface area contributed by atoms with E-state index in [4.69, 9.17) is 0 Å². The van der Waals surface area contributed by atoms with Crippen molar-refractivity contribution in [3.05, 3.63) is 59.8 Å². The fourth-order valence-corrected chi connectivity index (χ4v) is 3.67. The molecule has 134 valence electrons. The Bertz CT molecular complexity index is 890. The topological polar surface area (TPSA) is 75.6 Å². The van der Waals surface area contributed by atoms with Gasteiger partial charge in [-0.1, -0.05) is 43.2 Å². The molecule has 26 heavy (non-hydrogen) atoms. The molecule has 1 amide bonds. The van der Waals surface area contributed by atoms with Crippen LogP contribution in [0, 0.1) is 6.92 Å². The van der Waals surface area contributed by atoms with Gasteiger partial charge in [-0.2, -0.15) is 5.10 Å². The summed E-state index contributed by atoms with van der Waals surface area (Å²) in [5.41, 5.74) is 3.45. The number of carbonyl (C=O) groups is 1. The summed E-state index contributed by atoms with van der Waals surface area (Å²) in [6.45, 7) is 2.31. The summed E-state index contributed by atoms with van der Waals surface area (Å²) >= 11 is 0. The maximum Gasteiger partial charge on any atom is 0.255 e. The number of carbonyl (C=O) groups excluding carboxylic acids is 1. The van der Waals surface area contributed by atoms with Gasteiger partial charge in [0.25, 0.3) is 5.91 Å². The molecule has 0 atom stereocenters. The van der Waals surface area contributed by atoms with E-state index in [0.717, 1.165) is 35.6 Å². The molecule has 0 saturated heterocycles. The highest BCUT2D eigenvalue weighted by atomic mass is 16.1. The van der Waals surface area contributed by atoms with E-state index in [0.29, 0.717) is 18.2 Å². The normalized spacial score (nSPS) is 14.7. The smallest absolute Gasteiger partial charge is 0.255 e. The molecule has 1 aromatic carbocycles. The fourth-order valence-electron chi connectivity index (χ4n) is 3.67. The number of amides is 1. The second kappa shape index (κ2) is 7.15. The number of nitrogens with zero attached hydrogens (tertiary/aromatic N) is 3. The van der Waals surface area contributed by atoms with Crippen LogP contribution in [-0.4, -0.2) is 25.7 Å². The summed E-state index contributed by atoms with van der Waals surface area (Å²) in [5, 5.41) is 7.57. The van der Waals surface area contributed by atoms with Crippen molar-refractivity contribution < 1.29 is 4.79 Å². The number of rotatable bonds is 5. The lowest BCUT2D eigenvalue weighted by Gasteiger charge is -2.15. The second-order valence-electron chi connectivity index (χ2n) is 6.83. The van der Waals surface area contributed by atoms with E-state index in [1.54, 1.807) is 12.4 Å². The highest BCUT2D eigenvalue weighted by Crippen LogP contribution is 2.34. The lowest BCUT2D eigenvalue weighted by atomic mass is 10.1. The minimum Gasteiger partial charge on any atom is -0.346 e. The van der Waals surface area contributed by atoms with Crippen molar-refractivity contribution in [3.8, 4) is 11.3 Å². The predicted octanol–water partition coefficient (Wildman–Crippen LogP) is 3.63. The van der Waals surface area contributed by atoms with Gasteiger partial charge in [0.05, 0.1) is 41.9 Å². The molecular formula is C20H23N5O. The highest BCUT2D eigenvalue weighted by molar-refractivity contribution is 5.99. The second-order valence-corrected chi connectivity index (χ2v) is 6.83. The molecule has 6 nitrogen and oxygen atoms in total. The molecule has 0 aliphatic heterocycles. The SMILES string of the molecule is Cc1ncc(CNC(=O)c2cnn(C3CCCC3)c2-c2ccccc2)[nH]1. The summed E-state index contributed by atoms with van der Waals surface area (Å²) in [7, 11) is 0. The zero-order valence-corrected chi connectivity index (χ0v) is 14.9. The minimum absolute atomic E-state index is 0.111. The number of benzene rings is 1. The van der Waals surface area contributed by atoms with Crippen LogP contribution in [0.2, 0.25) is 0 Å². The Kier molecular flexibility index (Phi) is 4.56. The first-order valence-electron chi connectivity index (χ1n) is 9.14. The van der Waals surface area contributed by atoms with Crippen molar-refractivity contribution in [2.24, 2.45) is 0 Å². The summed E-state index contributed by atoms with van der Waals surface area (Å²) in [4.78, 5) is 20.1. The van der Waals surface area contributed by atoms with E-state index in [1.807, 2.05) is 37.3 Å². The average molecular weight is 349 g/mol. The molecule has 1 aliphatic carbocycles. The van der Waals surface area contributed by atoms with Crippen LogP contribution in [0.25, 0.3) is 11.3 Å². The zero-order valence-electron chi connectivity index (χ0n) is 14.9. The zero-order chi connectivity index (χ0) is 17.9. The predicted molar refractivity (Wildman–Crippen MR) is 99.7 cm³/mol. The first-order valence-corrected chi connectivity index (χ1v) is 9.14. The molecule has 0 spiro atoms. The summed E-state index contributed by atoms with van der Waals surface area (Å²) in [6.07, 6.45) is 8.13. The molecule has 1 fully saturated rings. The van der Waals surface area contributed by atoms with Gasteiger partial charge in [0.2, 0.25) is 0 Å². The van der Waals surface area contributed by atoms with Gasteiger partial charge in [-0.15, -0.1) is 0 Å². The Morgan fingerprint density at radius 1 is 1.23 bits per heavy atom. The fraction of sp³-hybridized carbons (Fsp3) is 0.350. The quantitative estimate of drug-likeness (QED) is 0.738. The lowest BCUT2D eigenvalue weighted by molar-refractivity contribution is 0.0951. The largest absolute Gasteiger partial charge is 0.346 e. The Morgan fingerprint density at radius 2 is 2.00 bits per heavy atom. The molecule has 2 aromatic heterocycles. The molecule has 6 heteroatoms. The van der Waals surface area contributed by atoms with Crippen LogP contribution in [0.3, 0.4) is 0 Å². The van der Waals surface area contributed by atoms with E-state index in [1.165, 1.54) is 12.8 Å². The number of aryl methyl sites for hydroxylation is 1. The molecule has 2 heterocycles. The van der Waals surface area contributed by atoms with Crippen LogP contribution < -0.4 is 5.32 Å². The van der Waals surface area contributed by atoms with Gasteiger partial charge in [0.15, 0.2) is 0 Å². The van der Waals surface area contributed by atoms with Crippen molar-refractivity contribution in [2.75, 3.05) is 0 Å². The Morgan fingerprint density at radius 3 is 2.69 bits per heavy atom. The van der Waals surface area contributed by atoms with Gasteiger partial charge in [0, 0.05) is 5.56 Å². The number of nitrogens with one attached hydrogen (secondary N) is 2. The van der Waals surface area contributed by atoms with Crippen LogP contribution in [0.4, 0.5) is 0 Å². The van der Waals surface area contributed by atoms with Gasteiger partial charge in [-0.3, -0.25) is 9.48 Å². The summed E-state index contributed by atoms with van der Waals surface area (Å²) < 4.78 is 2.05. The van der Waals surface area contributed by atoms with Gasteiger partial charge < -0.3 is 10.3 Å². The Balaban J connectivity index is 1.63. The van der Waals surface area contributed by atoms with Crippen molar-refractivity contribution in [2.45, 2.75) is 45.2 Å². The molecule has 1 saturated carbocycles. The van der Waals surface area contributed by atoms with Gasteiger partial charge >= 0.3 is 0 Å². The number of hydrogen-bond acceptors (Lipinski definition) is 3. The average Bonchev–Trinajstić information content (AvgIpc) is 3.40. The summed E-state index contributed by atoms with van der Waals surface area (Å²) in [6, 6.07) is 10.4. The van der Waals surface area contributed by atoms with Gasteiger partial charge in [-0.05, 0) is 19.8 Å². The number of hydrogen-bond donors (Lipinski definition) is 2. The molecule has 3 aromatic rings. The number of H-pyrrole nitrogens is 1. The molecule has 0 radical (unpaired) electrons. The third-order valence-corrected chi connectivity index (χ3v) is 4.95. The Labute approximate surface area is 152 Å². The van der Waals surface area contributed by atoms with Crippen LogP contribution in [0.1, 0.15) is 53.6 Å². The standard InChI is InChI=1S/C20H23N5O/c1-14-21-11-16(24-14)12-22-20(26)18-13-23-25(17-9-5-6-10-17)19(18)15-7-3-2-4-8-15/h2-4,7-8,11,13,17H,5-6,9-10,12H2,1H3,(H,21,24)(H,22,26). The number of aromatic nitrogens is 4. The molecule has 0 unspecified atom stereocenters. The van der Waals surface area contributed by atoms with E-state index in [-0.39, 0.29) is 5.91 Å². The van der Waals surface area contributed by atoms with E-state index in [2.05, 4.69) is 25.1 Å². The molecule has 2 N–H and O–H groups in total. The summed E-state index contributed by atoms with van der Waals surface area (Å²) in [5.74, 6) is 0.730. The van der Waals surface area contributed by atoms with Crippen LogP contribution >= 0.6 is 0 Å². The van der Waals surface area contributed by atoms with Crippen molar-refractivity contribution >= 4 is 5.91 Å². The number of imidazole rings is 1. The molecule has 0 bridgehead atoms. The van der Waals surface area contributed by atoms with Gasteiger partial charge in [0.1, 0.15) is 5.82 Å². The van der Waals surface area contributed by atoms with Crippen molar-refractivity contribution in [1.82, 2.24) is 25.1 Å². The lowest BCUT2D eigenvalue weighted by Crippen LogP contribution is -2.23. The van der Waals surface area contributed by atoms with E-state index >= 15 is 0 Å². The third kappa shape index (κ3) is 3.27. The maximum atomic E-state index is 12.8. The van der Waals surface area contributed by atoms with Gasteiger partial charge in [-0.25, -0.2) is 4.98 Å². The highest BCUT2D eigenvalue weighted by Gasteiger charge is 2.25. The Hall–Kier alpha value is -2.89. The molecule has 4 rings (SSSR count). The van der Waals surface area contributed by atoms with Crippen LogP contribution in [-0.2, 0) is 6.54 Å². The molecule has 1 aliphatic rings. The first kappa shape index (κ1) is 16.6. The van der Waals surface area contributed by atoms with Crippen molar-refractivity contribution in [1.29, 1.82) is 0 Å². The minimum atomic E-state index is -0.111. The van der Waals surface area contributed by atoms with Crippen LogP contribution in [0.5, 0.6) is 0 Å². The first-order chi connectivity index (χ1) is 12.7. The third-order valence-electron chi connectivity index (χ3n) is 4.95.